The first kappa shape index (κ1) is 40.2. The molecule has 3 aromatic heterocycles. The monoisotopic (exact) mass is 855 g/mol. The number of carbonyl (C=O) groups is 1. The molecule has 0 unspecified atom stereocenters. The van der Waals surface area contributed by atoms with Gasteiger partial charge in [-0.2, -0.15) is 0 Å². The zero-order valence-electron chi connectivity index (χ0n) is 30.6. The van der Waals surface area contributed by atoms with Crippen molar-refractivity contribution in [3.05, 3.63) is 90.2 Å². The molecule has 0 spiro atoms. The fourth-order valence-electron chi connectivity index (χ4n) is 6.04. The van der Waals surface area contributed by atoms with E-state index in [0.717, 1.165) is 70.4 Å². The van der Waals surface area contributed by atoms with Crippen LogP contribution in [-0.2, 0) is 36.7 Å². The van der Waals surface area contributed by atoms with E-state index >= 15 is 0 Å². The van der Waals surface area contributed by atoms with Crippen LogP contribution in [0.15, 0.2) is 72.9 Å². The number of rotatable bonds is 11. The van der Waals surface area contributed by atoms with E-state index in [1.165, 1.54) is 21.7 Å². The van der Waals surface area contributed by atoms with Gasteiger partial charge in [0.2, 0.25) is 0 Å². The minimum atomic E-state index is 0. The van der Waals surface area contributed by atoms with Gasteiger partial charge in [0.1, 0.15) is 6.33 Å². The standard InChI is InChI=1S/C29H28N3S.C13H24O2.Ir/c1-18(2)10-22-14-27-21(16-30-22)13-28(33-27)26-15-25(31-17-32-26)20-11-19-8-6-7-9-23(19)24(12-20)29(3,4)5;1-5-10(6-2)12(14)9-13(15)11(7-3)8-4;/h6-9,12-18H,10H2,1-5H3;9-11,14H,5-8H2,1-4H3;/q-1;;/b;12-9-;. The van der Waals surface area contributed by atoms with Gasteiger partial charge in [-0.05, 0) is 61.6 Å². The molecular formula is C42H52IrN3O2S-. The zero-order valence-corrected chi connectivity index (χ0v) is 33.8. The molecule has 1 N–H and O–H groups in total. The molecule has 263 valence electrons. The van der Waals surface area contributed by atoms with Crippen molar-refractivity contribution in [1.82, 2.24) is 15.0 Å². The number of allylic oxidation sites excluding steroid dienone is 2. The van der Waals surface area contributed by atoms with Crippen LogP contribution in [0.4, 0.5) is 0 Å². The first-order valence-corrected chi connectivity index (χ1v) is 18.3. The van der Waals surface area contributed by atoms with Crippen molar-refractivity contribution in [2.45, 2.75) is 99.8 Å². The molecule has 5 aromatic rings. The van der Waals surface area contributed by atoms with Crippen LogP contribution < -0.4 is 0 Å². The van der Waals surface area contributed by atoms with Gasteiger partial charge in [0.05, 0.1) is 16.3 Å². The minimum Gasteiger partial charge on any atom is -0.512 e. The maximum atomic E-state index is 11.7. The summed E-state index contributed by atoms with van der Waals surface area (Å²) in [6, 6.07) is 20.8. The Hall–Kier alpha value is -3.25. The Morgan fingerprint density at radius 2 is 1.55 bits per heavy atom. The van der Waals surface area contributed by atoms with Crippen LogP contribution in [0.2, 0.25) is 0 Å². The van der Waals surface area contributed by atoms with Crippen LogP contribution in [0.3, 0.4) is 0 Å². The molecule has 0 aliphatic rings. The third kappa shape index (κ3) is 10.4. The number of carbonyl (C=O) groups excluding carboxylic acids is 1. The number of aliphatic hydroxyl groups is 1. The predicted molar refractivity (Wildman–Crippen MR) is 204 cm³/mol. The molecule has 0 fully saturated rings. The average molecular weight is 855 g/mol. The fraction of sp³-hybridized carbons (Fsp3) is 0.429. The Balaban J connectivity index is 0.000000347. The van der Waals surface area contributed by atoms with Gasteiger partial charge < -0.3 is 5.11 Å². The Labute approximate surface area is 311 Å². The van der Waals surface area contributed by atoms with Gasteiger partial charge in [0, 0.05) is 65.7 Å². The SMILES string of the molecule is CC(C)Cc1cc2sc(-c3cc(-c4[c-]c5ccccc5c(C(C)(C)C)c4)ncn3)cc2cn1.CCC(CC)C(=O)/C=C(\O)C(CC)CC.[Ir]. The van der Waals surface area contributed by atoms with Crippen molar-refractivity contribution in [3.8, 4) is 21.8 Å². The number of benzene rings is 2. The number of thiophene rings is 1. The van der Waals surface area contributed by atoms with E-state index in [-0.39, 0.29) is 48.9 Å². The summed E-state index contributed by atoms with van der Waals surface area (Å²) in [5, 5.41) is 13.3. The van der Waals surface area contributed by atoms with Gasteiger partial charge in [0.25, 0.3) is 0 Å². The average Bonchev–Trinajstić information content (AvgIpc) is 3.49. The van der Waals surface area contributed by atoms with Gasteiger partial charge in [-0.25, -0.2) is 4.98 Å². The number of fused-ring (bicyclic) bond motifs is 2. The smallest absolute Gasteiger partial charge is 0.162 e. The van der Waals surface area contributed by atoms with Crippen LogP contribution >= 0.6 is 11.3 Å². The summed E-state index contributed by atoms with van der Waals surface area (Å²) in [6.07, 6.45) is 9.55. The first-order valence-electron chi connectivity index (χ1n) is 17.5. The number of aromatic nitrogens is 3. The summed E-state index contributed by atoms with van der Waals surface area (Å²) in [5.41, 5.74) is 5.31. The first-order chi connectivity index (χ1) is 22.9. The molecule has 0 saturated heterocycles. The third-order valence-electron chi connectivity index (χ3n) is 8.94. The summed E-state index contributed by atoms with van der Waals surface area (Å²) >= 11 is 1.77. The molecule has 0 bridgehead atoms. The molecule has 1 radical (unpaired) electrons. The number of hydrogen-bond donors (Lipinski definition) is 1. The van der Waals surface area contributed by atoms with Crippen molar-refractivity contribution in [1.29, 1.82) is 0 Å². The van der Waals surface area contributed by atoms with Gasteiger partial charge in [-0.15, -0.1) is 40.5 Å². The summed E-state index contributed by atoms with van der Waals surface area (Å²) in [6.45, 7) is 19.3. The summed E-state index contributed by atoms with van der Waals surface area (Å²) < 4.78 is 1.25. The second kappa shape index (κ2) is 18.1. The second-order valence-corrected chi connectivity index (χ2v) is 15.2. The summed E-state index contributed by atoms with van der Waals surface area (Å²) in [7, 11) is 0. The van der Waals surface area contributed by atoms with Gasteiger partial charge in [-0.1, -0.05) is 91.5 Å². The van der Waals surface area contributed by atoms with Crippen molar-refractivity contribution < 1.29 is 30.0 Å². The molecular weight excluding hydrogens is 803 g/mol. The van der Waals surface area contributed by atoms with E-state index in [0.29, 0.717) is 5.92 Å². The van der Waals surface area contributed by atoms with E-state index in [1.807, 2.05) is 33.9 Å². The Bertz CT molecular complexity index is 1860. The van der Waals surface area contributed by atoms with E-state index in [1.54, 1.807) is 17.7 Å². The van der Waals surface area contributed by atoms with Crippen molar-refractivity contribution in [3.63, 3.8) is 0 Å². The Morgan fingerprint density at radius 3 is 2.18 bits per heavy atom. The van der Waals surface area contributed by atoms with Crippen LogP contribution in [-0.4, -0.2) is 25.8 Å². The minimum absolute atomic E-state index is 0. The van der Waals surface area contributed by atoms with E-state index in [4.69, 9.17) is 0 Å². The Kier molecular flexibility index (Phi) is 14.9. The summed E-state index contributed by atoms with van der Waals surface area (Å²) in [4.78, 5) is 26.7. The molecule has 0 amide bonds. The maximum absolute atomic E-state index is 11.7. The van der Waals surface area contributed by atoms with Gasteiger partial charge in [-0.3, -0.25) is 14.8 Å². The van der Waals surface area contributed by atoms with E-state index in [2.05, 4.69) is 104 Å². The molecule has 0 aliphatic heterocycles. The molecule has 0 saturated carbocycles. The van der Waals surface area contributed by atoms with Crippen LogP contribution in [0.25, 0.3) is 42.7 Å². The summed E-state index contributed by atoms with van der Waals surface area (Å²) in [5.74, 6) is 1.14. The van der Waals surface area contributed by atoms with Crippen molar-refractivity contribution in [2.75, 3.05) is 0 Å². The Morgan fingerprint density at radius 1 is 0.898 bits per heavy atom. The number of ketones is 1. The molecule has 49 heavy (non-hydrogen) atoms. The molecule has 5 nitrogen and oxygen atoms in total. The maximum Gasteiger partial charge on any atom is 0.162 e. The van der Waals surface area contributed by atoms with Gasteiger partial charge in [0.15, 0.2) is 5.78 Å². The quantitative estimate of drug-likeness (QED) is 0.0814. The molecule has 3 heterocycles. The predicted octanol–water partition coefficient (Wildman–Crippen LogP) is 11.7. The molecule has 2 aromatic carbocycles. The molecule has 7 heteroatoms. The topological polar surface area (TPSA) is 76.0 Å². The van der Waals surface area contributed by atoms with Gasteiger partial charge >= 0.3 is 0 Å². The largest absolute Gasteiger partial charge is 0.512 e. The third-order valence-corrected chi connectivity index (χ3v) is 10.1. The molecule has 0 aliphatic carbocycles. The second-order valence-electron chi connectivity index (χ2n) is 14.1. The van der Waals surface area contributed by atoms with Crippen molar-refractivity contribution >= 4 is 38.0 Å². The number of nitrogens with zero attached hydrogens (tertiary/aromatic N) is 3. The normalized spacial score (nSPS) is 12.0. The number of hydrogen-bond acceptors (Lipinski definition) is 6. The van der Waals surface area contributed by atoms with E-state index in [9.17, 15) is 9.90 Å². The number of aliphatic hydroxyl groups excluding tert-OH is 1. The molecule has 5 rings (SSSR count). The zero-order chi connectivity index (χ0) is 35.0. The van der Waals surface area contributed by atoms with Crippen molar-refractivity contribution in [2.24, 2.45) is 17.8 Å². The fourth-order valence-corrected chi connectivity index (χ4v) is 7.10. The number of pyridine rings is 1. The van der Waals surface area contributed by atoms with Crippen LogP contribution in [0, 0.1) is 23.8 Å². The van der Waals surface area contributed by atoms with E-state index < -0.39 is 0 Å². The molecule has 0 atom stereocenters. The van der Waals surface area contributed by atoms with Crippen LogP contribution in [0.1, 0.15) is 99.3 Å². The van der Waals surface area contributed by atoms with Crippen LogP contribution in [0.5, 0.6) is 0 Å².